The van der Waals surface area contributed by atoms with E-state index in [-0.39, 0.29) is 16.3 Å². The lowest BCUT2D eigenvalue weighted by Crippen LogP contribution is -2.80. The number of fused-ring (bicyclic) bond motifs is 1. The molecule has 0 bridgehead atoms. The topological polar surface area (TPSA) is 394 Å². The van der Waals surface area contributed by atoms with E-state index in [9.17, 15) is 85.9 Å². The molecule has 0 unspecified atom stereocenters. The van der Waals surface area contributed by atoms with Crippen LogP contribution in [-0.4, -0.2) is 136 Å². The molecule has 2 aliphatic rings. The van der Waals surface area contributed by atoms with Gasteiger partial charge in [0.05, 0.1) is 24.9 Å². The summed E-state index contributed by atoms with van der Waals surface area (Å²) in [6.07, 6.45) is 0. The predicted molar refractivity (Wildman–Crippen MR) is 146 cm³/mol. The Balaban J connectivity index is 1.77. The lowest BCUT2D eigenvalue weighted by atomic mass is 9.89. The number of anilines is 2. The molecule has 48 heavy (non-hydrogen) atoms. The van der Waals surface area contributed by atoms with Gasteiger partial charge in [-0.1, -0.05) is 0 Å². The quantitative estimate of drug-likeness (QED) is 0.0675. The molecule has 0 radical (unpaired) electrons. The lowest BCUT2D eigenvalue weighted by molar-refractivity contribution is -0.440. The van der Waals surface area contributed by atoms with E-state index in [1.165, 1.54) is 31.4 Å². The summed E-state index contributed by atoms with van der Waals surface area (Å²) in [5.74, 6) is -34.8. The second kappa shape index (κ2) is 10.1. The highest BCUT2D eigenvalue weighted by Gasteiger charge is 2.71. The molecule has 3 amide bonds. The van der Waals surface area contributed by atoms with Gasteiger partial charge in [0, 0.05) is 0 Å². The lowest BCUT2D eigenvalue weighted by Gasteiger charge is -2.49. The van der Waals surface area contributed by atoms with Gasteiger partial charge in [-0.05, 0) is 24.3 Å². The Morgan fingerprint density at radius 2 is 1.31 bits per heavy atom. The normalized spacial score (nSPS) is 20.4. The summed E-state index contributed by atoms with van der Waals surface area (Å²) in [7, 11) is 1.31. The summed E-state index contributed by atoms with van der Waals surface area (Å²) >= 11 is 0. The largest absolute Gasteiger partial charge is 0.503 e. The number of nitrogens with two attached hydrogens (primary N) is 1. The number of ether oxygens (including phenoxy) is 1. The molecule has 1 saturated heterocycles. The maximum atomic E-state index is 14.0. The first-order valence-corrected chi connectivity index (χ1v) is 12.9. The zero-order chi connectivity index (χ0) is 36.3. The Bertz CT molecular complexity index is 1870. The number of aromatic nitrogens is 2. The molecule has 0 atom stereocenters. The van der Waals surface area contributed by atoms with Crippen LogP contribution in [0.3, 0.4) is 0 Å². The Morgan fingerprint density at radius 1 is 0.812 bits per heavy atom. The van der Waals surface area contributed by atoms with Gasteiger partial charge in [-0.25, -0.2) is 9.58 Å². The number of aromatic hydroxyl groups is 4. The first kappa shape index (κ1) is 34.0. The van der Waals surface area contributed by atoms with E-state index in [1.807, 2.05) is 0 Å². The highest BCUT2D eigenvalue weighted by Crippen LogP contribution is 2.59. The van der Waals surface area contributed by atoms with Crippen molar-refractivity contribution in [2.45, 2.75) is 29.1 Å². The highest BCUT2D eigenvalue weighted by molar-refractivity contribution is 6.14. The molecule has 3 aromatic rings. The van der Waals surface area contributed by atoms with Gasteiger partial charge in [-0.3, -0.25) is 19.3 Å². The van der Waals surface area contributed by atoms with Crippen LogP contribution in [0.4, 0.5) is 11.4 Å². The Hall–Kier alpha value is -5.34. The van der Waals surface area contributed by atoms with Gasteiger partial charge in [-0.15, -0.1) is 0 Å². The molecule has 0 saturated carbocycles. The zero-order valence-corrected chi connectivity index (χ0v) is 23.8. The molecule has 1 aromatic heterocycles. The number of phenols is 4. The van der Waals surface area contributed by atoms with Gasteiger partial charge < -0.3 is 82.0 Å². The smallest absolute Gasteiger partial charge is 0.315 e. The van der Waals surface area contributed by atoms with E-state index < -0.39 is 110 Å². The van der Waals surface area contributed by atoms with Crippen LogP contribution in [0.25, 0.3) is 5.69 Å². The van der Waals surface area contributed by atoms with E-state index in [0.717, 1.165) is 0 Å². The van der Waals surface area contributed by atoms with Crippen LogP contribution < -0.4 is 20.3 Å². The summed E-state index contributed by atoms with van der Waals surface area (Å²) in [4.78, 5) is 38.0. The van der Waals surface area contributed by atoms with Gasteiger partial charge in [-0.2, -0.15) is 5.10 Å². The van der Waals surface area contributed by atoms with Crippen LogP contribution in [-0.2, 0) is 10.6 Å². The van der Waals surface area contributed by atoms with Crippen LogP contribution in [0.5, 0.6) is 28.7 Å². The number of hydrogen-bond donors (Lipinski definition) is 15. The second-order valence-electron chi connectivity index (χ2n) is 10.6. The van der Waals surface area contributed by atoms with Crippen molar-refractivity contribution in [1.82, 2.24) is 9.78 Å². The SMILES string of the molecule is COc1ccc(-n2nc(C(N)=O)c3c2C(=O)N(c2c(O)c(O)c(N4CC(O)(O)C(O)(O)C(O)(O)C4=O)c(O)c2O)C(O)(O)C3(O)O)cc1. The van der Waals surface area contributed by atoms with Crippen molar-refractivity contribution in [3.63, 3.8) is 0 Å². The van der Waals surface area contributed by atoms with Crippen molar-refractivity contribution in [1.29, 1.82) is 0 Å². The monoisotopic (exact) mass is 683 g/mol. The summed E-state index contributed by atoms with van der Waals surface area (Å²) in [6, 6.07) is 5.08. The van der Waals surface area contributed by atoms with Crippen molar-refractivity contribution in [2.24, 2.45) is 5.73 Å². The van der Waals surface area contributed by atoms with Gasteiger partial charge in [0.15, 0.2) is 28.7 Å². The second-order valence-corrected chi connectivity index (χ2v) is 10.6. The fourth-order valence-electron chi connectivity index (χ4n) is 5.20. The van der Waals surface area contributed by atoms with Gasteiger partial charge in [0.1, 0.15) is 22.8 Å². The minimum absolute atomic E-state index is 0.137. The molecule has 23 heteroatoms. The number of carbonyl (C=O) groups excluding carboxylic acids is 3. The average molecular weight is 683 g/mol. The van der Waals surface area contributed by atoms with Crippen molar-refractivity contribution in [2.75, 3.05) is 23.5 Å². The molecule has 0 spiro atoms. The van der Waals surface area contributed by atoms with E-state index in [1.54, 1.807) is 0 Å². The number of hydrogen-bond acceptors (Lipinski definition) is 19. The van der Waals surface area contributed by atoms with Crippen LogP contribution in [0.15, 0.2) is 24.3 Å². The van der Waals surface area contributed by atoms with Gasteiger partial charge in [0.25, 0.3) is 29.3 Å². The van der Waals surface area contributed by atoms with Crippen LogP contribution in [0, 0.1) is 0 Å². The standard InChI is InChI=1S/C25H25N5O18/c1-48-8-4-2-7(3-5-8)30-11-9(10(27-30)18(26)35)22(40,41)25(46,47)29(19(11)36)13-16(33)14(31)12(15(32)17(13)34)28-6-21(38,39)24(44,45)23(42,43)20(28)37/h2-5,31-34,38-47H,6H2,1H3,(H2,26,35). The average Bonchev–Trinajstić information content (AvgIpc) is 3.42. The van der Waals surface area contributed by atoms with Gasteiger partial charge >= 0.3 is 11.7 Å². The molecule has 2 aliphatic heterocycles. The number of carbonyl (C=O) groups is 3. The number of methoxy groups -OCH3 is 1. The number of nitrogens with zero attached hydrogens (tertiary/aromatic N) is 4. The summed E-state index contributed by atoms with van der Waals surface area (Å²) in [5, 5.41) is 151. The van der Waals surface area contributed by atoms with Crippen LogP contribution >= 0.6 is 0 Å². The van der Waals surface area contributed by atoms with E-state index in [4.69, 9.17) is 10.5 Å². The maximum Gasteiger partial charge on any atom is 0.315 e. The molecule has 0 aliphatic carbocycles. The zero-order valence-electron chi connectivity index (χ0n) is 23.8. The number of benzene rings is 2. The summed E-state index contributed by atoms with van der Waals surface area (Å²) < 4.78 is 5.58. The molecule has 2 aromatic carbocycles. The summed E-state index contributed by atoms with van der Waals surface area (Å²) in [6.45, 7) is -1.84. The predicted octanol–water partition coefficient (Wildman–Crippen LogP) is -6.37. The number of aliphatic hydroxyl groups is 10. The molecular weight excluding hydrogens is 658 g/mol. The van der Waals surface area contributed by atoms with Crippen LogP contribution in [0.1, 0.15) is 26.5 Å². The minimum atomic E-state index is -4.52. The first-order chi connectivity index (χ1) is 21.9. The first-order valence-electron chi connectivity index (χ1n) is 12.9. The Labute approximate surface area is 263 Å². The molecule has 5 rings (SSSR count). The maximum absolute atomic E-state index is 14.0. The summed E-state index contributed by atoms with van der Waals surface area (Å²) in [5.41, 5.74) is -1.72. The number of amides is 3. The molecule has 258 valence electrons. The molecule has 23 nitrogen and oxygen atoms in total. The van der Waals surface area contributed by atoms with Crippen molar-refractivity contribution in [3.8, 4) is 34.4 Å². The molecule has 3 heterocycles. The number of phenolic OH excluding ortho intramolecular Hbond substituents is 4. The molecular formula is C25H25N5O18. The number of rotatable bonds is 5. The Morgan fingerprint density at radius 3 is 1.79 bits per heavy atom. The number of piperidine rings is 1. The van der Waals surface area contributed by atoms with E-state index in [0.29, 0.717) is 4.68 Å². The van der Waals surface area contributed by atoms with Crippen molar-refractivity contribution in [3.05, 3.63) is 41.2 Å². The third-order valence-electron chi connectivity index (χ3n) is 7.78. The van der Waals surface area contributed by atoms with E-state index in [2.05, 4.69) is 5.10 Å². The number of β-amino-alcohol motifs (C(OH)–C–C–N with tert-alkyl or cyclic N) is 2. The third kappa shape index (κ3) is 4.12. The number of primary amides is 1. The minimum Gasteiger partial charge on any atom is -0.503 e. The highest BCUT2D eigenvalue weighted by atomic mass is 16.7. The fraction of sp³-hybridized carbons (Fsp3) is 0.280. The third-order valence-corrected chi connectivity index (χ3v) is 7.78. The molecule has 1 fully saturated rings. The van der Waals surface area contributed by atoms with Crippen molar-refractivity contribution >= 4 is 29.1 Å². The van der Waals surface area contributed by atoms with E-state index >= 15 is 0 Å². The molecule has 16 N–H and O–H groups in total. The fourth-order valence-corrected chi connectivity index (χ4v) is 5.20. The Kier molecular flexibility index (Phi) is 7.14. The van der Waals surface area contributed by atoms with Crippen LogP contribution in [0.2, 0.25) is 0 Å². The van der Waals surface area contributed by atoms with Crippen molar-refractivity contribution < 1.29 is 90.6 Å². The van der Waals surface area contributed by atoms with Gasteiger partial charge in [0.2, 0.25) is 5.79 Å².